The molecule has 0 saturated carbocycles. The van der Waals surface area contributed by atoms with Gasteiger partial charge >= 0.3 is 5.97 Å². The van der Waals surface area contributed by atoms with Crippen molar-refractivity contribution >= 4 is 17.9 Å². The number of hydrazone groups is 1. The van der Waals surface area contributed by atoms with Gasteiger partial charge in [-0.3, -0.25) is 5.43 Å². The second-order valence-corrected chi connectivity index (χ2v) is 6.13. The maximum Gasteiger partial charge on any atom is 0.343 e. The smallest absolute Gasteiger partial charge is 0.343 e. The van der Waals surface area contributed by atoms with Gasteiger partial charge in [0.1, 0.15) is 11.6 Å². The number of esters is 1. The first kappa shape index (κ1) is 18.3. The van der Waals surface area contributed by atoms with Gasteiger partial charge in [0, 0.05) is 0 Å². The summed E-state index contributed by atoms with van der Waals surface area (Å²) < 4.78 is 18.2. The van der Waals surface area contributed by atoms with Gasteiger partial charge < -0.3 is 4.74 Å². The lowest BCUT2D eigenvalue weighted by atomic mass is 10.1. The van der Waals surface area contributed by atoms with Crippen molar-refractivity contribution in [3.63, 3.8) is 0 Å². The zero-order chi connectivity index (χ0) is 19.2. The summed E-state index contributed by atoms with van der Waals surface area (Å²) in [6.07, 6.45) is 1.68. The van der Waals surface area contributed by atoms with Crippen molar-refractivity contribution in [2.45, 2.75) is 13.8 Å². The van der Waals surface area contributed by atoms with Gasteiger partial charge in [-0.25, -0.2) is 9.18 Å². The van der Waals surface area contributed by atoms with Crippen LogP contribution in [-0.4, -0.2) is 12.2 Å². The molecule has 136 valence electrons. The molecule has 0 aliphatic rings. The van der Waals surface area contributed by atoms with Gasteiger partial charge in [0.25, 0.3) is 0 Å². The van der Waals surface area contributed by atoms with Crippen LogP contribution >= 0.6 is 0 Å². The number of rotatable bonds is 5. The normalized spacial score (nSPS) is 10.8. The molecule has 27 heavy (non-hydrogen) atoms. The Bertz CT molecular complexity index is 965. The number of hydrogen-bond acceptors (Lipinski definition) is 4. The first-order valence-corrected chi connectivity index (χ1v) is 8.45. The van der Waals surface area contributed by atoms with Crippen LogP contribution in [0.25, 0.3) is 0 Å². The average Bonchev–Trinajstić information content (AvgIpc) is 2.66. The Morgan fingerprint density at radius 1 is 0.963 bits per heavy atom. The van der Waals surface area contributed by atoms with Crippen molar-refractivity contribution in [2.24, 2.45) is 5.10 Å². The van der Waals surface area contributed by atoms with Crippen LogP contribution in [0.4, 0.5) is 10.1 Å². The van der Waals surface area contributed by atoms with Crippen molar-refractivity contribution in [3.05, 3.63) is 94.8 Å². The molecule has 0 fully saturated rings. The third kappa shape index (κ3) is 5.01. The molecule has 0 amide bonds. The molecule has 5 heteroatoms. The summed E-state index contributed by atoms with van der Waals surface area (Å²) in [5.74, 6) is -0.527. The number of halogens is 1. The number of nitrogens with one attached hydrogen (secondary N) is 1. The molecular weight excluding hydrogens is 343 g/mol. The summed E-state index contributed by atoms with van der Waals surface area (Å²) in [5.41, 5.74) is 7.48. The molecule has 0 radical (unpaired) electrons. The van der Waals surface area contributed by atoms with Gasteiger partial charge in [-0.15, -0.1) is 0 Å². The van der Waals surface area contributed by atoms with Crippen molar-refractivity contribution in [3.8, 4) is 5.75 Å². The van der Waals surface area contributed by atoms with Crippen LogP contribution in [-0.2, 0) is 0 Å². The van der Waals surface area contributed by atoms with E-state index in [1.54, 1.807) is 30.5 Å². The Balaban J connectivity index is 1.58. The minimum atomic E-state index is -0.534. The highest BCUT2D eigenvalue weighted by atomic mass is 19.1. The van der Waals surface area contributed by atoms with Gasteiger partial charge in [-0.05, 0) is 91.2 Å². The number of benzene rings is 3. The van der Waals surface area contributed by atoms with E-state index in [0.717, 1.165) is 11.3 Å². The molecule has 0 aliphatic carbocycles. The predicted octanol–water partition coefficient (Wildman–Crippen LogP) is 5.11. The molecule has 0 saturated heterocycles. The standard InChI is InChI=1S/C22H19FN2O2/c1-15-3-10-20(13-16(15)2)25-24-14-17-4-11-21(12-5-17)27-22(26)18-6-8-19(23)9-7-18/h3-14,25H,1-2H3/b24-14+. The lowest BCUT2D eigenvalue weighted by Crippen LogP contribution is -2.08. The number of carbonyl (C=O) groups excluding carboxylic acids is 1. The average molecular weight is 362 g/mol. The molecule has 0 atom stereocenters. The lowest BCUT2D eigenvalue weighted by Gasteiger charge is -2.05. The molecular formula is C22H19FN2O2. The first-order chi connectivity index (χ1) is 13.0. The fourth-order valence-electron chi connectivity index (χ4n) is 2.37. The van der Waals surface area contributed by atoms with Crippen LogP contribution in [0.1, 0.15) is 27.0 Å². The second kappa shape index (κ2) is 8.27. The highest BCUT2D eigenvalue weighted by molar-refractivity contribution is 5.91. The first-order valence-electron chi connectivity index (χ1n) is 8.45. The third-order valence-corrected chi connectivity index (χ3v) is 4.08. The topological polar surface area (TPSA) is 50.7 Å². The van der Waals surface area contributed by atoms with Gasteiger partial charge in [-0.2, -0.15) is 5.10 Å². The van der Waals surface area contributed by atoms with Crippen molar-refractivity contribution in [2.75, 3.05) is 5.43 Å². The molecule has 0 spiro atoms. The van der Waals surface area contributed by atoms with Crippen LogP contribution < -0.4 is 10.2 Å². The summed E-state index contributed by atoms with van der Waals surface area (Å²) in [7, 11) is 0. The Morgan fingerprint density at radius 2 is 1.67 bits per heavy atom. The van der Waals surface area contributed by atoms with Crippen molar-refractivity contribution < 1.29 is 13.9 Å². The lowest BCUT2D eigenvalue weighted by molar-refractivity contribution is 0.0734. The van der Waals surface area contributed by atoms with E-state index >= 15 is 0 Å². The maximum absolute atomic E-state index is 12.9. The fraction of sp³-hybridized carbons (Fsp3) is 0.0909. The molecule has 0 aromatic heterocycles. The highest BCUT2D eigenvalue weighted by Crippen LogP contribution is 2.15. The number of carbonyl (C=O) groups is 1. The van der Waals surface area contributed by atoms with Crippen LogP contribution in [0.2, 0.25) is 0 Å². The van der Waals surface area contributed by atoms with E-state index in [-0.39, 0.29) is 0 Å². The monoisotopic (exact) mass is 362 g/mol. The molecule has 3 rings (SSSR count). The summed E-state index contributed by atoms with van der Waals surface area (Å²) >= 11 is 0. The van der Waals surface area contributed by atoms with Crippen LogP contribution in [0, 0.1) is 19.7 Å². The van der Waals surface area contributed by atoms with E-state index in [2.05, 4.69) is 24.4 Å². The zero-order valence-corrected chi connectivity index (χ0v) is 15.1. The van der Waals surface area contributed by atoms with Crippen molar-refractivity contribution in [1.29, 1.82) is 0 Å². The summed E-state index contributed by atoms with van der Waals surface area (Å²) in [6, 6.07) is 18.2. The number of aryl methyl sites for hydroxylation is 2. The molecule has 4 nitrogen and oxygen atoms in total. The van der Waals surface area contributed by atoms with E-state index in [0.29, 0.717) is 11.3 Å². The third-order valence-electron chi connectivity index (χ3n) is 4.08. The van der Waals surface area contributed by atoms with Gasteiger partial charge in [0.2, 0.25) is 0 Å². The number of ether oxygens (including phenoxy) is 1. The minimum Gasteiger partial charge on any atom is -0.423 e. The van der Waals surface area contributed by atoms with E-state index in [1.807, 2.05) is 18.2 Å². The Labute approximate surface area is 157 Å². The van der Waals surface area contributed by atoms with E-state index in [4.69, 9.17) is 4.74 Å². The van der Waals surface area contributed by atoms with Crippen LogP contribution in [0.5, 0.6) is 5.75 Å². The summed E-state index contributed by atoms with van der Waals surface area (Å²) in [5, 5.41) is 4.21. The molecule has 0 bridgehead atoms. The van der Waals surface area contributed by atoms with E-state index in [9.17, 15) is 9.18 Å². The minimum absolute atomic E-state index is 0.291. The molecule has 0 aliphatic heterocycles. The Kier molecular flexibility index (Phi) is 5.61. The maximum atomic E-state index is 12.9. The van der Waals surface area contributed by atoms with Crippen LogP contribution in [0.15, 0.2) is 71.8 Å². The Morgan fingerprint density at radius 3 is 2.33 bits per heavy atom. The van der Waals surface area contributed by atoms with E-state index in [1.165, 1.54) is 35.4 Å². The molecule has 0 unspecified atom stereocenters. The highest BCUT2D eigenvalue weighted by Gasteiger charge is 2.08. The molecule has 0 heterocycles. The predicted molar refractivity (Wildman–Crippen MR) is 105 cm³/mol. The summed E-state index contributed by atoms with van der Waals surface area (Å²) in [4.78, 5) is 12.0. The largest absolute Gasteiger partial charge is 0.423 e. The quantitative estimate of drug-likeness (QED) is 0.297. The second-order valence-electron chi connectivity index (χ2n) is 6.13. The van der Waals surface area contributed by atoms with Gasteiger partial charge in [0.15, 0.2) is 0 Å². The van der Waals surface area contributed by atoms with Gasteiger partial charge in [-0.1, -0.05) is 6.07 Å². The number of anilines is 1. The molecule has 3 aromatic carbocycles. The van der Waals surface area contributed by atoms with E-state index < -0.39 is 11.8 Å². The number of hydrogen-bond donors (Lipinski definition) is 1. The Hall–Kier alpha value is -3.47. The van der Waals surface area contributed by atoms with Crippen molar-refractivity contribution in [1.82, 2.24) is 0 Å². The van der Waals surface area contributed by atoms with Gasteiger partial charge in [0.05, 0.1) is 17.5 Å². The SMILES string of the molecule is Cc1ccc(N/N=C/c2ccc(OC(=O)c3ccc(F)cc3)cc2)cc1C. The van der Waals surface area contributed by atoms with Crippen LogP contribution in [0.3, 0.4) is 0 Å². The molecule has 1 N–H and O–H groups in total. The number of nitrogens with zero attached hydrogens (tertiary/aromatic N) is 1. The molecule has 3 aromatic rings. The zero-order valence-electron chi connectivity index (χ0n) is 15.1. The fourth-order valence-corrected chi connectivity index (χ4v) is 2.37. The summed E-state index contributed by atoms with van der Waals surface area (Å²) in [6.45, 7) is 4.11.